The largest absolute Gasteiger partial charge is 0.474 e. The molecule has 1 aromatic carbocycles. The zero-order valence-corrected chi connectivity index (χ0v) is 13.6. The van der Waals surface area contributed by atoms with Crippen molar-refractivity contribution in [1.82, 2.24) is 10.3 Å². The van der Waals surface area contributed by atoms with Crippen molar-refractivity contribution in [2.45, 2.75) is 37.8 Å². The van der Waals surface area contributed by atoms with Gasteiger partial charge in [0.05, 0.1) is 5.56 Å². The van der Waals surface area contributed by atoms with Crippen molar-refractivity contribution in [3.05, 3.63) is 59.5 Å². The Hall–Kier alpha value is -2.94. The summed E-state index contributed by atoms with van der Waals surface area (Å²) >= 11 is 0. The van der Waals surface area contributed by atoms with E-state index in [0.29, 0.717) is 17.0 Å². The minimum absolute atomic E-state index is 0.0550. The van der Waals surface area contributed by atoms with Crippen molar-refractivity contribution in [2.75, 3.05) is 0 Å². The Labute approximate surface area is 145 Å². The maximum atomic E-state index is 12.9. The zero-order valence-electron chi connectivity index (χ0n) is 13.6. The van der Waals surface area contributed by atoms with Gasteiger partial charge in [-0.3, -0.25) is 4.79 Å². The third kappa shape index (κ3) is 4.54. The predicted octanol–water partition coefficient (Wildman–Crippen LogP) is 3.21. The topological polar surface area (TPSA) is 75.0 Å². The van der Waals surface area contributed by atoms with E-state index in [9.17, 15) is 9.18 Å². The normalized spacial score (nSPS) is 19.7. The van der Waals surface area contributed by atoms with Crippen LogP contribution < -0.4 is 10.1 Å². The second-order valence-electron chi connectivity index (χ2n) is 6.07. The Morgan fingerprint density at radius 3 is 2.48 bits per heavy atom. The summed E-state index contributed by atoms with van der Waals surface area (Å²) in [4.78, 5) is 16.3. The van der Waals surface area contributed by atoms with Gasteiger partial charge in [-0.2, -0.15) is 5.26 Å². The molecule has 0 atom stereocenters. The van der Waals surface area contributed by atoms with Gasteiger partial charge in [-0.1, -0.05) is 0 Å². The molecule has 0 saturated heterocycles. The van der Waals surface area contributed by atoms with Crippen LogP contribution in [0.1, 0.15) is 41.6 Å². The van der Waals surface area contributed by atoms with Gasteiger partial charge in [0.1, 0.15) is 18.0 Å². The molecule has 0 unspecified atom stereocenters. The lowest BCUT2D eigenvalue weighted by Gasteiger charge is -2.29. The van der Waals surface area contributed by atoms with Crippen LogP contribution in [0.3, 0.4) is 0 Å². The third-order valence-electron chi connectivity index (χ3n) is 4.27. The number of halogens is 1. The van der Waals surface area contributed by atoms with Crippen molar-refractivity contribution < 1.29 is 13.9 Å². The van der Waals surface area contributed by atoms with Crippen LogP contribution in [0.4, 0.5) is 4.39 Å². The van der Waals surface area contributed by atoms with Gasteiger partial charge in [-0.15, -0.1) is 0 Å². The zero-order chi connectivity index (χ0) is 17.6. The minimum Gasteiger partial charge on any atom is -0.474 e. The monoisotopic (exact) mass is 339 g/mol. The molecular weight excluding hydrogens is 321 g/mol. The summed E-state index contributed by atoms with van der Waals surface area (Å²) in [6.07, 6.45) is 4.80. The summed E-state index contributed by atoms with van der Waals surface area (Å²) < 4.78 is 18.7. The van der Waals surface area contributed by atoms with Crippen molar-refractivity contribution in [3.8, 4) is 11.9 Å². The van der Waals surface area contributed by atoms with E-state index in [4.69, 9.17) is 10.00 Å². The number of aromatic nitrogens is 1. The van der Waals surface area contributed by atoms with Gasteiger partial charge in [0.15, 0.2) is 0 Å². The Morgan fingerprint density at radius 1 is 1.16 bits per heavy atom. The number of nitrogens with zero attached hydrogens (tertiary/aromatic N) is 2. The summed E-state index contributed by atoms with van der Waals surface area (Å²) in [5.41, 5.74) is 0.959. The minimum atomic E-state index is -0.356. The fourth-order valence-electron chi connectivity index (χ4n) is 2.88. The van der Waals surface area contributed by atoms with Gasteiger partial charge >= 0.3 is 0 Å². The van der Waals surface area contributed by atoms with Gasteiger partial charge < -0.3 is 10.1 Å². The highest BCUT2D eigenvalue weighted by Crippen LogP contribution is 2.23. The summed E-state index contributed by atoms with van der Waals surface area (Å²) in [5, 5.41) is 11.7. The fourth-order valence-corrected chi connectivity index (χ4v) is 2.88. The highest BCUT2D eigenvalue weighted by Gasteiger charge is 2.24. The number of hydrogen-bond acceptors (Lipinski definition) is 4. The molecule has 1 N–H and O–H groups in total. The van der Waals surface area contributed by atoms with Crippen LogP contribution in [0.15, 0.2) is 42.6 Å². The van der Waals surface area contributed by atoms with E-state index >= 15 is 0 Å². The molecule has 1 aliphatic rings. The van der Waals surface area contributed by atoms with Gasteiger partial charge in [0.2, 0.25) is 5.88 Å². The Morgan fingerprint density at radius 2 is 1.88 bits per heavy atom. The Kier molecular flexibility index (Phi) is 5.24. The molecule has 128 valence electrons. The predicted molar refractivity (Wildman–Crippen MR) is 89.5 cm³/mol. The van der Waals surface area contributed by atoms with E-state index in [1.165, 1.54) is 30.5 Å². The number of hydrogen-bond donors (Lipinski definition) is 1. The maximum Gasteiger partial charge on any atom is 0.251 e. The average molecular weight is 339 g/mol. The molecule has 0 spiro atoms. The van der Waals surface area contributed by atoms with E-state index in [0.717, 1.165) is 25.7 Å². The van der Waals surface area contributed by atoms with Crippen molar-refractivity contribution in [2.24, 2.45) is 0 Å². The second-order valence-corrected chi connectivity index (χ2v) is 6.07. The molecular formula is C19H18FN3O2. The molecule has 0 radical (unpaired) electrons. The van der Waals surface area contributed by atoms with E-state index in [2.05, 4.69) is 10.3 Å². The first kappa shape index (κ1) is 16.9. The lowest BCUT2D eigenvalue weighted by molar-refractivity contribution is 0.0890. The van der Waals surface area contributed by atoms with Gasteiger partial charge in [-0.05, 0) is 56.0 Å². The van der Waals surface area contributed by atoms with E-state index in [1.54, 1.807) is 12.1 Å². The van der Waals surface area contributed by atoms with E-state index < -0.39 is 0 Å². The Bertz CT molecular complexity index is 761. The summed E-state index contributed by atoms with van der Waals surface area (Å²) in [6.45, 7) is 0. The standard InChI is InChI=1S/C19H18FN3O2/c20-15-4-2-14(3-5-15)19(24)23-16-6-8-17(9-7-16)25-18-10-1-13(11-21)12-22-18/h1-5,10,12,16-17H,6-9H2,(H,23,24). The molecule has 1 aliphatic carbocycles. The lowest BCUT2D eigenvalue weighted by Crippen LogP contribution is -2.39. The number of nitrogens with one attached hydrogen (secondary N) is 1. The molecule has 1 amide bonds. The second kappa shape index (κ2) is 7.75. The molecule has 25 heavy (non-hydrogen) atoms. The van der Waals surface area contributed by atoms with Crippen LogP contribution >= 0.6 is 0 Å². The first-order valence-corrected chi connectivity index (χ1v) is 8.23. The summed E-state index contributed by atoms with van der Waals surface area (Å²) in [5.74, 6) is -0.0263. The number of ether oxygens (including phenoxy) is 1. The average Bonchev–Trinajstić information content (AvgIpc) is 2.64. The molecule has 1 fully saturated rings. The number of rotatable bonds is 4. The number of benzene rings is 1. The number of amides is 1. The highest BCUT2D eigenvalue weighted by molar-refractivity contribution is 5.94. The molecule has 5 nitrogen and oxygen atoms in total. The molecule has 2 aromatic rings. The molecule has 6 heteroatoms. The quantitative estimate of drug-likeness (QED) is 0.928. The van der Waals surface area contributed by atoms with Crippen LogP contribution in [0.2, 0.25) is 0 Å². The smallest absolute Gasteiger partial charge is 0.251 e. The van der Waals surface area contributed by atoms with Crippen LogP contribution in [0, 0.1) is 17.1 Å². The number of pyridine rings is 1. The van der Waals surface area contributed by atoms with Crippen LogP contribution in [-0.2, 0) is 0 Å². The number of nitriles is 1. The molecule has 0 bridgehead atoms. The van der Waals surface area contributed by atoms with Gasteiger partial charge in [0.25, 0.3) is 5.91 Å². The first-order valence-electron chi connectivity index (χ1n) is 8.23. The fraction of sp³-hybridized carbons (Fsp3) is 0.316. The third-order valence-corrected chi connectivity index (χ3v) is 4.27. The van der Waals surface area contributed by atoms with E-state index in [1.807, 2.05) is 6.07 Å². The Balaban J connectivity index is 1.47. The summed E-state index contributed by atoms with van der Waals surface area (Å²) in [7, 11) is 0. The summed E-state index contributed by atoms with van der Waals surface area (Å²) in [6, 6.07) is 11.0. The molecule has 3 rings (SSSR count). The molecule has 0 aliphatic heterocycles. The SMILES string of the molecule is N#Cc1ccc(OC2CCC(NC(=O)c3ccc(F)cc3)CC2)nc1. The van der Waals surface area contributed by atoms with Crippen LogP contribution in [0.5, 0.6) is 5.88 Å². The van der Waals surface area contributed by atoms with Crippen molar-refractivity contribution >= 4 is 5.91 Å². The molecule has 1 heterocycles. The first-order chi connectivity index (χ1) is 12.1. The van der Waals surface area contributed by atoms with Gasteiger partial charge in [-0.25, -0.2) is 9.37 Å². The highest BCUT2D eigenvalue weighted by atomic mass is 19.1. The lowest BCUT2D eigenvalue weighted by atomic mass is 9.92. The molecule has 1 aromatic heterocycles. The van der Waals surface area contributed by atoms with Gasteiger partial charge in [0, 0.05) is 23.9 Å². The van der Waals surface area contributed by atoms with E-state index in [-0.39, 0.29) is 23.9 Å². The number of carbonyl (C=O) groups is 1. The maximum absolute atomic E-state index is 12.9. The van der Waals surface area contributed by atoms with Crippen LogP contribution in [0.25, 0.3) is 0 Å². The number of carbonyl (C=O) groups excluding carboxylic acids is 1. The van der Waals surface area contributed by atoms with Crippen LogP contribution in [-0.4, -0.2) is 23.0 Å². The molecule has 1 saturated carbocycles. The van der Waals surface area contributed by atoms with Crippen molar-refractivity contribution in [1.29, 1.82) is 5.26 Å². The van der Waals surface area contributed by atoms with Crippen molar-refractivity contribution in [3.63, 3.8) is 0 Å².